The van der Waals surface area contributed by atoms with Gasteiger partial charge in [-0.25, -0.2) is 4.39 Å². The highest BCUT2D eigenvalue weighted by Crippen LogP contribution is 2.36. The zero-order valence-electron chi connectivity index (χ0n) is 11.8. The fraction of sp³-hybridized carbons (Fsp3) is 0.250. The third-order valence-electron chi connectivity index (χ3n) is 3.20. The average molecular weight is 328 g/mol. The van der Waals surface area contributed by atoms with Crippen LogP contribution in [0.25, 0.3) is 0 Å². The van der Waals surface area contributed by atoms with Crippen LogP contribution in [0.3, 0.4) is 0 Å². The highest BCUT2D eigenvalue weighted by atomic mass is 35.5. The molecule has 0 saturated carbocycles. The highest BCUT2D eigenvalue weighted by molar-refractivity contribution is 6.33. The van der Waals surface area contributed by atoms with E-state index in [9.17, 15) is 4.39 Å². The molecule has 0 aliphatic rings. The van der Waals surface area contributed by atoms with Gasteiger partial charge in [0.25, 0.3) is 0 Å². The van der Waals surface area contributed by atoms with Crippen LogP contribution in [0.1, 0.15) is 24.1 Å². The van der Waals surface area contributed by atoms with Crippen molar-refractivity contribution in [3.63, 3.8) is 0 Å². The molecular weight excluding hydrogens is 312 g/mol. The second kappa shape index (κ2) is 7.12. The van der Waals surface area contributed by atoms with Crippen molar-refractivity contribution in [3.05, 3.63) is 63.4 Å². The predicted molar refractivity (Wildman–Crippen MR) is 84.9 cm³/mol. The Hall–Kier alpha value is -1.29. The maximum atomic E-state index is 14.3. The molecular formula is C16H16Cl2FNO. The minimum atomic E-state index is -0.433. The van der Waals surface area contributed by atoms with E-state index in [0.717, 1.165) is 5.56 Å². The number of ether oxygens (including phenoxy) is 1. The highest BCUT2D eigenvalue weighted by Gasteiger charge is 2.23. The van der Waals surface area contributed by atoms with Crippen molar-refractivity contribution in [3.8, 4) is 5.75 Å². The molecule has 2 aromatic rings. The van der Waals surface area contributed by atoms with Crippen molar-refractivity contribution in [2.24, 2.45) is 0 Å². The molecule has 1 atom stereocenters. The first kappa shape index (κ1) is 16.1. The largest absolute Gasteiger partial charge is 0.496 e. The molecule has 0 fully saturated rings. The molecule has 0 spiro atoms. The first-order valence-corrected chi connectivity index (χ1v) is 7.34. The van der Waals surface area contributed by atoms with Gasteiger partial charge in [0.2, 0.25) is 0 Å². The maximum absolute atomic E-state index is 14.3. The predicted octanol–water partition coefficient (Wildman–Crippen LogP) is 4.84. The van der Waals surface area contributed by atoms with E-state index in [4.69, 9.17) is 27.9 Å². The summed E-state index contributed by atoms with van der Waals surface area (Å²) in [6.07, 6.45) is 0. The summed E-state index contributed by atoms with van der Waals surface area (Å²) in [7, 11) is 1.51. The minimum Gasteiger partial charge on any atom is -0.496 e. The van der Waals surface area contributed by atoms with Gasteiger partial charge < -0.3 is 10.1 Å². The summed E-state index contributed by atoms with van der Waals surface area (Å²) in [5.74, 6) is 0.119. The molecule has 1 N–H and O–H groups in total. The Kier molecular flexibility index (Phi) is 5.45. The quantitative estimate of drug-likeness (QED) is 0.848. The summed E-state index contributed by atoms with van der Waals surface area (Å²) in [5.41, 5.74) is 1.14. The Morgan fingerprint density at radius 3 is 2.67 bits per heavy atom. The maximum Gasteiger partial charge on any atom is 0.132 e. The van der Waals surface area contributed by atoms with E-state index in [2.05, 4.69) is 5.32 Å². The molecule has 21 heavy (non-hydrogen) atoms. The molecule has 0 radical (unpaired) electrons. The molecule has 0 saturated heterocycles. The van der Waals surface area contributed by atoms with Gasteiger partial charge in [-0.15, -0.1) is 0 Å². The van der Waals surface area contributed by atoms with Gasteiger partial charge in [-0.2, -0.15) is 0 Å². The second-order valence-corrected chi connectivity index (χ2v) is 5.36. The summed E-state index contributed by atoms with van der Waals surface area (Å²) in [6.45, 7) is 2.59. The second-order valence-electron chi connectivity index (χ2n) is 4.51. The van der Waals surface area contributed by atoms with E-state index in [1.54, 1.807) is 30.3 Å². The lowest BCUT2D eigenvalue weighted by Gasteiger charge is -2.23. The van der Waals surface area contributed by atoms with E-state index in [0.29, 0.717) is 27.9 Å². The molecule has 112 valence electrons. The smallest absolute Gasteiger partial charge is 0.132 e. The topological polar surface area (TPSA) is 21.3 Å². The van der Waals surface area contributed by atoms with Crippen LogP contribution in [-0.2, 0) is 0 Å². The molecule has 2 rings (SSSR count). The van der Waals surface area contributed by atoms with Gasteiger partial charge in [0.05, 0.1) is 18.7 Å². The number of hydrogen-bond acceptors (Lipinski definition) is 2. The average Bonchev–Trinajstić information content (AvgIpc) is 2.48. The number of methoxy groups -OCH3 is 1. The zero-order valence-corrected chi connectivity index (χ0v) is 13.3. The molecule has 0 aliphatic heterocycles. The van der Waals surface area contributed by atoms with Gasteiger partial charge in [0.1, 0.15) is 11.6 Å². The van der Waals surface area contributed by atoms with Crippen LogP contribution < -0.4 is 10.1 Å². The first-order valence-electron chi connectivity index (χ1n) is 6.59. The lowest BCUT2D eigenvalue weighted by atomic mass is 9.97. The van der Waals surface area contributed by atoms with E-state index in [1.165, 1.54) is 13.2 Å². The lowest BCUT2D eigenvalue weighted by molar-refractivity contribution is 0.397. The summed E-state index contributed by atoms with van der Waals surface area (Å²) < 4.78 is 19.6. The van der Waals surface area contributed by atoms with Crippen LogP contribution in [0, 0.1) is 5.82 Å². The van der Waals surface area contributed by atoms with Crippen molar-refractivity contribution in [1.29, 1.82) is 0 Å². The van der Waals surface area contributed by atoms with Gasteiger partial charge in [0.15, 0.2) is 0 Å². The summed E-state index contributed by atoms with van der Waals surface area (Å²) >= 11 is 12.3. The van der Waals surface area contributed by atoms with Crippen LogP contribution in [0.4, 0.5) is 4.39 Å². The van der Waals surface area contributed by atoms with Crippen molar-refractivity contribution >= 4 is 23.2 Å². The molecule has 5 heteroatoms. The number of hydrogen-bond donors (Lipinski definition) is 1. The summed E-state index contributed by atoms with van der Waals surface area (Å²) in [6, 6.07) is 9.45. The third-order valence-corrected chi connectivity index (χ3v) is 3.78. The number of halogens is 3. The minimum absolute atomic E-state index is 0.351. The molecule has 0 bridgehead atoms. The van der Waals surface area contributed by atoms with E-state index in [-0.39, 0.29) is 5.82 Å². The van der Waals surface area contributed by atoms with Crippen LogP contribution in [0.15, 0.2) is 36.4 Å². The Balaban J connectivity index is 2.61. The van der Waals surface area contributed by atoms with E-state index in [1.807, 2.05) is 6.92 Å². The third kappa shape index (κ3) is 3.49. The van der Waals surface area contributed by atoms with E-state index < -0.39 is 6.04 Å². The normalized spacial score (nSPS) is 12.2. The fourth-order valence-corrected chi connectivity index (χ4v) is 2.69. The lowest BCUT2D eigenvalue weighted by Crippen LogP contribution is -2.24. The molecule has 0 heterocycles. The molecule has 0 aliphatic carbocycles. The molecule has 0 aromatic heterocycles. The summed E-state index contributed by atoms with van der Waals surface area (Å²) in [5, 5.41) is 4.31. The first-order chi connectivity index (χ1) is 10.1. The molecule has 2 nitrogen and oxygen atoms in total. The summed E-state index contributed by atoms with van der Waals surface area (Å²) in [4.78, 5) is 0. The monoisotopic (exact) mass is 327 g/mol. The van der Waals surface area contributed by atoms with Crippen molar-refractivity contribution < 1.29 is 9.13 Å². The van der Waals surface area contributed by atoms with Crippen LogP contribution in [0.5, 0.6) is 5.75 Å². The Labute approximate surface area is 133 Å². The molecule has 0 amide bonds. The Morgan fingerprint density at radius 1 is 1.24 bits per heavy atom. The number of rotatable bonds is 5. The molecule has 2 aromatic carbocycles. The van der Waals surface area contributed by atoms with E-state index >= 15 is 0 Å². The Morgan fingerprint density at radius 2 is 2.00 bits per heavy atom. The van der Waals surface area contributed by atoms with Gasteiger partial charge in [-0.1, -0.05) is 36.2 Å². The number of nitrogens with one attached hydrogen (secondary N) is 1. The molecule has 1 unspecified atom stereocenters. The van der Waals surface area contributed by atoms with Gasteiger partial charge in [-0.05, 0) is 42.4 Å². The SMILES string of the molecule is CCNC(c1cc(Cl)ccc1Cl)c1c(F)cccc1OC. The van der Waals surface area contributed by atoms with Gasteiger partial charge >= 0.3 is 0 Å². The van der Waals surface area contributed by atoms with Gasteiger partial charge in [-0.3, -0.25) is 0 Å². The van der Waals surface area contributed by atoms with Crippen molar-refractivity contribution in [2.75, 3.05) is 13.7 Å². The standard InChI is InChI=1S/C16H16Cl2FNO/c1-3-20-16(11-9-10(17)7-8-12(11)18)15-13(19)5-4-6-14(15)21-2/h4-9,16,20H,3H2,1-2H3. The van der Waals surface area contributed by atoms with Crippen LogP contribution in [-0.4, -0.2) is 13.7 Å². The number of benzene rings is 2. The van der Waals surface area contributed by atoms with Gasteiger partial charge in [0, 0.05) is 10.0 Å². The van der Waals surface area contributed by atoms with Crippen molar-refractivity contribution in [1.82, 2.24) is 5.32 Å². The van der Waals surface area contributed by atoms with Crippen molar-refractivity contribution in [2.45, 2.75) is 13.0 Å². The van der Waals surface area contributed by atoms with Crippen LogP contribution in [0.2, 0.25) is 10.0 Å². The fourth-order valence-electron chi connectivity index (χ4n) is 2.28. The zero-order chi connectivity index (χ0) is 15.4. The Bertz CT molecular complexity index is 634. The van der Waals surface area contributed by atoms with Crippen LogP contribution >= 0.6 is 23.2 Å².